The summed E-state index contributed by atoms with van der Waals surface area (Å²) in [5, 5.41) is 7.13. The number of amides is 6. The molecule has 0 radical (unpaired) electrons. The van der Waals surface area contributed by atoms with Crippen molar-refractivity contribution in [3.63, 3.8) is 0 Å². The molecular weight excluding hydrogens is 356 g/mol. The van der Waals surface area contributed by atoms with Crippen LogP contribution >= 0.6 is 0 Å². The maximum absolute atomic E-state index is 12.4. The van der Waals surface area contributed by atoms with E-state index in [0.717, 1.165) is 17.7 Å². The van der Waals surface area contributed by atoms with E-state index in [9.17, 15) is 24.0 Å². The quantitative estimate of drug-likeness (QED) is 0.395. The first-order valence-corrected chi connectivity index (χ1v) is 9.03. The van der Waals surface area contributed by atoms with Crippen LogP contribution in [0.4, 0.5) is 9.59 Å². The lowest BCUT2D eigenvalue weighted by atomic mass is 9.95. The Hall–Kier alpha value is -2.65. The maximum Gasteiger partial charge on any atom is 0.326 e. The number of nitrogens with zero attached hydrogens (tertiary/aromatic N) is 1. The highest BCUT2D eigenvalue weighted by atomic mass is 16.5. The number of imide groups is 2. The van der Waals surface area contributed by atoms with E-state index in [1.165, 1.54) is 0 Å². The van der Waals surface area contributed by atoms with Crippen LogP contribution in [0.15, 0.2) is 0 Å². The number of hydrogen-bond donors (Lipinski definition) is 3. The zero-order valence-electron chi connectivity index (χ0n) is 16.2. The van der Waals surface area contributed by atoms with E-state index in [-0.39, 0.29) is 6.04 Å². The van der Waals surface area contributed by atoms with Crippen LogP contribution in [0.25, 0.3) is 0 Å². The molecule has 27 heavy (non-hydrogen) atoms. The summed E-state index contributed by atoms with van der Waals surface area (Å²) in [6.45, 7) is 5.93. The second-order valence-corrected chi connectivity index (χ2v) is 6.75. The Morgan fingerprint density at radius 2 is 1.93 bits per heavy atom. The van der Waals surface area contributed by atoms with Gasteiger partial charge in [0, 0.05) is 6.04 Å². The number of unbranched alkanes of at least 4 members (excludes halogenated alkanes) is 1. The second-order valence-electron chi connectivity index (χ2n) is 6.75. The predicted octanol–water partition coefficient (Wildman–Crippen LogP) is 0.655. The summed E-state index contributed by atoms with van der Waals surface area (Å²) in [5.74, 6) is -2.24. The van der Waals surface area contributed by atoms with Crippen LogP contribution in [-0.4, -0.2) is 59.5 Å². The predicted molar refractivity (Wildman–Crippen MR) is 95.6 cm³/mol. The Morgan fingerprint density at radius 3 is 2.52 bits per heavy atom. The number of rotatable bonds is 9. The molecule has 1 aliphatic rings. The molecule has 1 fully saturated rings. The van der Waals surface area contributed by atoms with E-state index < -0.39 is 48.5 Å². The SMILES string of the molecule is CCCC[C@]1(C)NC(=O)N(CC(=O)OCC(=O)NC(=O)N[C@@H](C)CC)C1=O. The maximum atomic E-state index is 12.4. The van der Waals surface area contributed by atoms with Gasteiger partial charge in [-0.15, -0.1) is 0 Å². The van der Waals surface area contributed by atoms with E-state index in [0.29, 0.717) is 12.8 Å². The molecule has 10 nitrogen and oxygen atoms in total. The lowest BCUT2D eigenvalue weighted by molar-refractivity contribution is -0.150. The van der Waals surface area contributed by atoms with Gasteiger partial charge in [0.1, 0.15) is 12.1 Å². The molecule has 10 heteroatoms. The summed E-state index contributed by atoms with van der Waals surface area (Å²) in [6.07, 6.45) is 2.77. The van der Waals surface area contributed by atoms with Crippen molar-refractivity contribution >= 4 is 29.8 Å². The summed E-state index contributed by atoms with van der Waals surface area (Å²) >= 11 is 0. The minimum absolute atomic E-state index is 0.109. The number of nitrogens with one attached hydrogen (secondary N) is 3. The van der Waals surface area contributed by atoms with Gasteiger partial charge in [-0.05, 0) is 26.7 Å². The number of ether oxygens (including phenoxy) is 1. The van der Waals surface area contributed by atoms with Crippen molar-refractivity contribution in [2.45, 2.75) is 65.0 Å². The van der Waals surface area contributed by atoms with Crippen LogP contribution in [0.3, 0.4) is 0 Å². The van der Waals surface area contributed by atoms with Gasteiger partial charge in [0.15, 0.2) is 6.61 Å². The second kappa shape index (κ2) is 9.89. The van der Waals surface area contributed by atoms with Crippen LogP contribution in [0, 0.1) is 0 Å². The molecule has 1 saturated heterocycles. The van der Waals surface area contributed by atoms with Gasteiger partial charge in [0.2, 0.25) is 0 Å². The lowest BCUT2D eigenvalue weighted by Gasteiger charge is -2.21. The minimum Gasteiger partial charge on any atom is -0.454 e. The summed E-state index contributed by atoms with van der Waals surface area (Å²) in [7, 11) is 0. The highest BCUT2D eigenvalue weighted by molar-refractivity contribution is 6.08. The molecule has 0 unspecified atom stereocenters. The molecule has 1 heterocycles. The molecule has 0 aromatic rings. The minimum atomic E-state index is -1.04. The highest BCUT2D eigenvalue weighted by Crippen LogP contribution is 2.23. The molecule has 6 amide bonds. The molecule has 0 aromatic heterocycles. The van der Waals surface area contributed by atoms with Crippen molar-refractivity contribution in [1.29, 1.82) is 0 Å². The van der Waals surface area contributed by atoms with Crippen molar-refractivity contribution in [3.8, 4) is 0 Å². The summed E-state index contributed by atoms with van der Waals surface area (Å²) < 4.78 is 4.74. The smallest absolute Gasteiger partial charge is 0.326 e. The van der Waals surface area contributed by atoms with E-state index in [1.807, 2.05) is 19.2 Å². The van der Waals surface area contributed by atoms with E-state index in [2.05, 4.69) is 10.6 Å². The Bertz CT molecular complexity index is 608. The number of carbonyl (C=O) groups excluding carboxylic acids is 5. The molecule has 152 valence electrons. The first-order chi connectivity index (χ1) is 12.6. The molecule has 0 aromatic carbocycles. The lowest BCUT2D eigenvalue weighted by Crippen LogP contribution is -2.45. The van der Waals surface area contributed by atoms with Crippen molar-refractivity contribution in [1.82, 2.24) is 20.9 Å². The number of carbonyl (C=O) groups is 5. The van der Waals surface area contributed by atoms with Crippen LogP contribution in [-0.2, 0) is 19.1 Å². The Labute approximate surface area is 158 Å². The number of hydrogen-bond acceptors (Lipinski definition) is 6. The zero-order chi connectivity index (χ0) is 20.6. The molecule has 0 aliphatic carbocycles. The van der Waals surface area contributed by atoms with Gasteiger partial charge < -0.3 is 15.4 Å². The summed E-state index contributed by atoms with van der Waals surface area (Å²) in [5.41, 5.74) is -1.04. The Morgan fingerprint density at radius 1 is 1.26 bits per heavy atom. The van der Waals surface area contributed by atoms with Crippen molar-refractivity contribution < 1.29 is 28.7 Å². The van der Waals surface area contributed by atoms with E-state index in [1.54, 1.807) is 13.8 Å². The van der Waals surface area contributed by atoms with Gasteiger partial charge in [-0.25, -0.2) is 9.59 Å². The molecular formula is C17H28N4O6. The fourth-order valence-electron chi connectivity index (χ4n) is 2.44. The Kier molecular flexibility index (Phi) is 8.20. The van der Waals surface area contributed by atoms with Gasteiger partial charge in [-0.2, -0.15) is 0 Å². The van der Waals surface area contributed by atoms with Crippen LogP contribution in [0.5, 0.6) is 0 Å². The third kappa shape index (κ3) is 6.54. The number of urea groups is 2. The van der Waals surface area contributed by atoms with E-state index in [4.69, 9.17) is 4.74 Å². The molecule has 0 saturated carbocycles. The monoisotopic (exact) mass is 384 g/mol. The average Bonchev–Trinajstić information content (AvgIpc) is 2.81. The number of esters is 1. The van der Waals surface area contributed by atoms with Crippen molar-refractivity contribution in [2.24, 2.45) is 0 Å². The van der Waals surface area contributed by atoms with Gasteiger partial charge in [-0.3, -0.25) is 24.6 Å². The topological polar surface area (TPSA) is 134 Å². The van der Waals surface area contributed by atoms with Crippen LogP contribution in [0.2, 0.25) is 0 Å². The highest BCUT2D eigenvalue weighted by Gasteiger charge is 2.47. The fourth-order valence-corrected chi connectivity index (χ4v) is 2.44. The average molecular weight is 384 g/mol. The first-order valence-electron chi connectivity index (χ1n) is 9.03. The molecule has 0 spiro atoms. The summed E-state index contributed by atoms with van der Waals surface area (Å²) in [4.78, 5) is 60.1. The standard InChI is InChI=1S/C17H28N4O6/c1-5-7-8-17(4)14(24)21(16(26)20-17)9-13(23)27-10-12(22)19-15(25)18-11(3)6-2/h11H,5-10H2,1-4H3,(H,20,26)(H2,18,19,22,25)/t11-,17-/m0/s1. The van der Waals surface area contributed by atoms with Crippen LogP contribution < -0.4 is 16.0 Å². The summed E-state index contributed by atoms with van der Waals surface area (Å²) in [6, 6.07) is -1.47. The van der Waals surface area contributed by atoms with Gasteiger partial charge in [-0.1, -0.05) is 26.7 Å². The first kappa shape index (κ1) is 22.4. The third-order valence-electron chi connectivity index (χ3n) is 4.27. The Balaban J connectivity index is 2.46. The van der Waals surface area contributed by atoms with Gasteiger partial charge in [0.25, 0.3) is 11.8 Å². The van der Waals surface area contributed by atoms with Crippen molar-refractivity contribution in [2.75, 3.05) is 13.2 Å². The fraction of sp³-hybridized carbons (Fsp3) is 0.706. The van der Waals surface area contributed by atoms with E-state index >= 15 is 0 Å². The third-order valence-corrected chi connectivity index (χ3v) is 4.27. The van der Waals surface area contributed by atoms with Crippen LogP contribution in [0.1, 0.15) is 53.4 Å². The van der Waals surface area contributed by atoms with Gasteiger partial charge in [0.05, 0.1) is 0 Å². The van der Waals surface area contributed by atoms with Gasteiger partial charge >= 0.3 is 18.0 Å². The molecule has 3 N–H and O–H groups in total. The molecule has 2 atom stereocenters. The largest absolute Gasteiger partial charge is 0.454 e. The normalized spacial score (nSPS) is 20.1. The molecule has 0 bridgehead atoms. The molecule has 1 rings (SSSR count). The zero-order valence-corrected chi connectivity index (χ0v) is 16.2. The molecule has 1 aliphatic heterocycles. The van der Waals surface area contributed by atoms with Crippen molar-refractivity contribution in [3.05, 3.63) is 0 Å².